The zero-order valence-electron chi connectivity index (χ0n) is 8.94. The van der Waals surface area contributed by atoms with Crippen LogP contribution in [0.1, 0.15) is 6.42 Å². The van der Waals surface area contributed by atoms with E-state index in [0.717, 1.165) is 6.54 Å². The number of nitrogens with one attached hydrogen (secondary N) is 2. The molecule has 8 heteroatoms. The molecular weight excluding hydrogens is 234 g/mol. The summed E-state index contributed by atoms with van der Waals surface area (Å²) in [4.78, 5) is 10.3. The van der Waals surface area contributed by atoms with E-state index in [-0.39, 0.29) is 25.0 Å². The monoisotopic (exact) mass is 251 g/mol. The van der Waals surface area contributed by atoms with Gasteiger partial charge in [-0.25, -0.2) is 13.1 Å². The van der Waals surface area contributed by atoms with Gasteiger partial charge >= 0.3 is 0 Å². The van der Waals surface area contributed by atoms with E-state index in [1.54, 1.807) is 0 Å². The highest BCUT2D eigenvalue weighted by atomic mass is 32.2. The molecule has 1 aliphatic heterocycles. The average Bonchev–Trinajstić information content (AvgIpc) is 2.69. The Hall–Kier alpha value is -0.700. The Labute approximate surface area is 94.8 Å². The van der Waals surface area contributed by atoms with E-state index in [0.29, 0.717) is 13.0 Å². The third kappa shape index (κ3) is 4.44. The number of carbonyl (C=O) groups is 1. The molecule has 1 amide bonds. The molecule has 0 radical (unpaired) electrons. The minimum Gasteiger partial charge on any atom is -0.370 e. The van der Waals surface area contributed by atoms with Crippen molar-refractivity contribution < 1.29 is 17.9 Å². The number of rotatable bonds is 7. The van der Waals surface area contributed by atoms with Gasteiger partial charge in [0.05, 0.1) is 11.9 Å². The quantitative estimate of drug-likeness (QED) is 0.443. The smallest absolute Gasteiger partial charge is 0.243 e. The van der Waals surface area contributed by atoms with Gasteiger partial charge in [0.15, 0.2) is 0 Å². The van der Waals surface area contributed by atoms with Crippen LogP contribution < -0.4 is 15.8 Å². The fraction of sp³-hybridized carbons (Fsp3) is 0.875. The Morgan fingerprint density at radius 1 is 1.56 bits per heavy atom. The lowest BCUT2D eigenvalue weighted by Crippen LogP contribution is -2.37. The van der Waals surface area contributed by atoms with Crippen molar-refractivity contribution in [3.05, 3.63) is 0 Å². The highest BCUT2D eigenvalue weighted by Gasteiger charge is 2.27. The predicted octanol–water partition coefficient (Wildman–Crippen LogP) is -2.23. The topological polar surface area (TPSA) is 111 Å². The van der Waals surface area contributed by atoms with Gasteiger partial charge in [0, 0.05) is 13.1 Å². The molecule has 4 N–H and O–H groups in total. The largest absolute Gasteiger partial charge is 0.370 e. The van der Waals surface area contributed by atoms with Crippen LogP contribution in [-0.2, 0) is 19.6 Å². The molecule has 1 atom stereocenters. The van der Waals surface area contributed by atoms with Gasteiger partial charge in [-0.15, -0.1) is 0 Å². The normalized spacial score (nSPS) is 21.1. The van der Waals surface area contributed by atoms with E-state index in [9.17, 15) is 13.2 Å². The van der Waals surface area contributed by atoms with E-state index in [1.165, 1.54) is 0 Å². The molecule has 1 aliphatic rings. The van der Waals surface area contributed by atoms with Crippen LogP contribution in [-0.4, -0.2) is 52.4 Å². The summed E-state index contributed by atoms with van der Waals surface area (Å²) in [7, 11) is -3.27. The third-order valence-electron chi connectivity index (χ3n) is 2.25. The van der Waals surface area contributed by atoms with Crippen molar-refractivity contribution in [1.82, 2.24) is 10.0 Å². The van der Waals surface area contributed by atoms with Gasteiger partial charge < -0.3 is 15.8 Å². The molecule has 0 spiro atoms. The molecular formula is C8H17N3O4S. The predicted molar refractivity (Wildman–Crippen MR) is 58.2 cm³/mol. The van der Waals surface area contributed by atoms with Gasteiger partial charge in [-0.3, -0.25) is 4.79 Å². The summed E-state index contributed by atoms with van der Waals surface area (Å²) >= 11 is 0. The maximum atomic E-state index is 11.6. The lowest BCUT2D eigenvalue weighted by molar-refractivity contribution is -0.122. The van der Waals surface area contributed by atoms with Crippen molar-refractivity contribution in [1.29, 1.82) is 0 Å². The summed E-state index contributed by atoms with van der Waals surface area (Å²) in [6.45, 7) is 1.32. The van der Waals surface area contributed by atoms with Gasteiger partial charge in [0.1, 0.15) is 6.61 Å². The number of sulfonamides is 1. The number of nitrogens with two attached hydrogens (primary N) is 1. The average molecular weight is 251 g/mol. The number of amides is 1. The first-order valence-corrected chi connectivity index (χ1v) is 6.62. The Bertz CT molecular complexity index is 324. The molecule has 0 aromatic heterocycles. The zero-order chi connectivity index (χ0) is 12.0. The molecule has 1 rings (SSSR count). The van der Waals surface area contributed by atoms with Gasteiger partial charge in [-0.2, -0.15) is 0 Å². The van der Waals surface area contributed by atoms with E-state index in [2.05, 4.69) is 10.0 Å². The van der Waals surface area contributed by atoms with E-state index in [4.69, 9.17) is 10.5 Å². The van der Waals surface area contributed by atoms with Crippen LogP contribution in [0.25, 0.3) is 0 Å². The molecule has 1 heterocycles. The molecule has 0 aromatic carbocycles. The molecule has 1 unspecified atom stereocenters. The van der Waals surface area contributed by atoms with Crippen molar-refractivity contribution in [2.75, 3.05) is 32.8 Å². The van der Waals surface area contributed by atoms with Crippen LogP contribution in [0.5, 0.6) is 0 Å². The number of hydrogen-bond donors (Lipinski definition) is 3. The summed E-state index contributed by atoms with van der Waals surface area (Å²) in [5.74, 6) is -0.567. The van der Waals surface area contributed by atoms with Crippen molar-refractivity contribution in [2.24, 2.45) is 5.73 Å². The van der Waals surface area contributed by atoms with Crippen molar-refractivity contribution in [2.45, 2.75) is 11.7 Å². The summed E-state index contributed by atoms with van der Waals surface area (Å²) in [5.41, 5.74) is 4.85. The number of ether oxygens (including phenoxy) is 1. The summed E-state index contributed by atoms with van der Waals surface area (Å²) in [5, 5.41) is 2.61. The molecule has 0 aliphatic carbocycles. The molecule has 7 nitrogen and oxygen atoms in total. The first-order chi connectivity index (χ1) is 7.52. The number of carbonyl (C=O) groups excluding carboxylic acids is 1. The highest BCUT2D eigenvalue weighted by Crippen LogP contribution is 2.07. The molecule has 1 fully saturated rings. The highest BCUT2D eigenvalue weighted by molar-refractivity contribution is 7.90. The second kappa shape index (κ2) is 6.14. The van der Waals surface area contributed by atoms with Crippen molar-refractivity contribution >= 4 is 15.9 Å². The van der Waals surface area contributed by atoms with Crippen LogP contribution >= 0.6 is 0 Å². The van der Waals surface area contributed by atoms with Crippen LogP contribution in [0.3, 0.4) is 0 Å². The van der Waals surface area contributed by atoms with Gasteiger partial charge in [0.25, 0.3) is 0 Å². The number of primary amides is 1. The Morgan fingerprint density at radius 2 is 2.31 bits per heavy atom. The van der Waals surface area contributed by atoms with E-state index >= 15 is 0 Å². The maximum Gasteiger partial charge on any atom is 0.243 e. The lowest BCUT2D eigenvalue weighted by atomic mass is 10.4. The van der Waals surface area contributed by atoms with Crippen molar-refractivity contribution in [3.8, 4) is 0 Å². The zero-order valence-corrected chi connectivity index (χ0v) is 9.76. The van der Waals surface area contributed by atoms with Crippen molar-refractivity contribution in [3.63, 3.8) is 0 Å². The molecule has 94 valence electrons. The fourth-order valence-corrected chi connectivity index (χ4v) is 2.81. The molecule has 1 saturated heterocycles. The Kier molecular flexibility index (Phi) is 5.13. The first-order valence-electron chi connectivity index (χ1n) is 5.07. The molecule has 0 saturated carbocycles. The standard InChI is InChI=1S/C8H17N3O4S/c9-8(12)6-15-4-3-11-16(13,14)7-1-2-10-5-7/h7,10-11H,1-6H2,(H2,9,12). The lowest BCUT2D eigenvalue weighted by Gasteiger charge is -2.11. The Morgan fingerprint density at radius 3 is 2.88 bits per heavy atom. The van der Waals surface area contributed by atoms with Crippen LogP contribution in [0.15, 0.2) is 0 Å². The van der Waals surface area contributed by atoms with Crippen LogP contribution in [0.4, 0.5) is 0 Å². The summed E-state index contributed by atoms with van der Waals surface area (Å²) < 4.78 is 30.5. The molecule has 0 aromatic rings. The number of hydrogen-bond acceptors (Lipinski definition) is 5. The maximum absolute atomic E-state index is 11.6. The first kappa shape index (κ1) is 13.4. The molecule has 16 heavy (non-hydrogen) atoms. The van der Waals surface area contributed by atoms with Gasteiger partial charge in [0.2, 0.25) is 15.9 Å². The minimum atomic E-state index is -3.27. The molecule has 0 bridgehead atoms. The second-order valence-corrected chi connectivity index (χ2v) is 5.62. The third-order valence-corrected chi connectivity index (χ3v) is 4.13. The van der Waals surface area contributed by atoms with Gasteiger partial charge in [-0.05, 0) is 13.0 Å². The van der Waals surface area contributed by atoms with Gasteiger partial charge in [-0.1, -0.05) is 0 Å². The fourth-order valence-electron chi connectivity index (χ4n) is 1.44. The summed E-state index contributed by atoms with van der Waals surface area (Å²) in [6, 6.07) is 0. The summed E-state index contributed by atoms with van der Waals surface area (Å²) in [6.07, 6.45) is 0.622. The van der Waals surface area contributed by atoms with Crippen LogP contribution in [0.2, 0.25) is 0 Å². The Balaban J connectivity index is 2.18. The SMILES string of the molecule is NC(=O)COCCNS(=O)(=O)C1CCNC1. The second-order valence-electron chi connectivity index (χ2n) is 3.57. The van der Waals surface area contributed by atoms with Crippen LogP contribution in [0, 0.1) is 0 Å². The minimum absolute atomic E-state index is 0.141. The van der Waals surface area contributed by atoms with E-state index in [1.807, 2.05) is 0 Å². The van der Waals surface area contributed by atoms with E-state index < -0.39 is 15.9 Å².